The lowest BCUT2D eigenvalue weighted by Gasteiger charge is -2.10. The number of nitrogens with zero attached hydrogens (tertiary/aromatic N) is 3. The third kappa shape index (κ3) is 5.56. The van der Waals surface area contributed by atoms with E-state index in [4.69, 9.17) is 19.4 Å². The molecule has 4 nitrogen and oxygen atoms in total. The number of benzene rings is 8. The highest BCUT2D eigenvalue weighted by molar-refractivity contribution is 7.26. The highest BCUT2D eigenvalue weighted by Gasteiger charge is 2.20. The molecule has 0 aliphatic heterocycles. The first kappa shape index (κ1) is 32.2. The Morgan fingerprint density at radius 3 is 1.59 bits per heavy atom. The summed E-state index contributed by atoms with van der Waals surface area (Å²) in [5.41, 5.74) is 11.3. The van der Waals surface area contributed by atoms with E-state index in [1.807, 2.05) is 47.7 Å². The third-order valence-corrected chi connectivity index (χ3v) is 11.7. The molecule has 0 saturated carbocycles. The van der Waals surface area contributed by atoms with Crippen molar-refractivity contribution in [1.29, 1.82) is 0 Å². The normalized spacial score (nSPS) is 11.6. The van der Waals surface area contributed by atoms with Crippen LogP contribution >= 0.6 is 11.3 Å². The Bertz CT molecular complexity index is 3230. The van der Waals surface area contributed by atoms with Gasteiger partial charge in [-0.15, -0.1) is 11.3 Å². The third-order valence-electron chi connectivity index (χ3n) is 10.6. The lowest BCUT2D eigenvalue weighted by atomic mass is 9.93. The molecule has 0 bridgehead atoms. The molecular weight excluding hydrogens is 703 g/mol. The van der Waals surface area contributed by atoms with Gasteiger partial charge >= 0.3 is 0 Å². The number of hydrogen-bond acceptors (Lipinski definition) is 5. The van der Waals surface area contributed by atoms with E-state index in [2.05, 4.69) is 152 Å². The Morgan fingerprint density at radius 2 is 0.875 bits per heavy atom. The molecule has 0 fully saturated rings. The zero-order chi connectivity index (χ0) is 37.0. The first-order valence-corrected chi connectivity index (χ1v) is 19.5. The van der Waals surface area contributed by atoms with Crippen LogP contribution in [0.5, 0.6) is 0 Å². The molecular formula is C51H31N3OS. The van der Waals surface area contributed by atoms with Crippen LogP contribution in [-0.2, 0) is 0 Å². The Hall–Kier alpha value is -7.21. The fourth-order valence-corrected chi connectivity index (χ4v) is 8.98. The number of para-hydroxylation sites is 1. The fraction of sp³-hybridized carbons (Fsp3) is 0. The zero-order valence-electron chi connectivity index (χ0n) is 30.1. The van der Waals surface area contributed by atoms with Crippen molar-refractivity contribution in [3.63, 3.8) is 0 Å². The van der Waals surface area contributed by atoms with Crippen molar-refractivity contribution in [3.05, 3.63) is 188 Å². The van der Waals surface area contributed by atoms with Crippen LogP contribution in [0.25, 0.3) is 110 Å². The van der Waals surface area contributed by atoms with Crippen molar-refractivity contribution in [2.75, 3.05) is 0 Å². The monoisotopic (exact) mass is 733 g/mol. The van der Waals surface area contributed by atoms with Gasteiger partial charge in [0, 0.05) is 53.2 Å². The lowest BCUT2D eigenvalue weighted by Crippen LogP contribution is -2.00. The van der Waals surface area contributed by atoms with E-state index >= 15 is 0 Å². The summed E-state index contributed by atoms with van der Waals surface area (Å²) in [4.78, 5) is 15.1. The van der Waals surface area contributed by atoms with Crippen LogP contribution in [0.15, 0.2) is 192 Å². The molecule has 0 saturated heterocycles. The molecule has 56 heavy (non-hydrogen) atoms. The summed E-state index contributed by atoms with van der Waals surface area (Å²) in [6, 6.07) is 65.6. The van der Waals surface area contributed by atoms with Crippen LogP contribution in [0.4, 0.5) is 0 Å². The predicted octanol–water partition coefficient (Wildman–Crippen LogP) is 14.1. The van der Waals surface area contributed by atoms with E-state index in [1.165, 1.54) is 36.9 Å². The molecule has 0 aliphatic carbocycles. The molecule has 3 aromatic heterocycles. The Morgan fingerprint density at radius 1 is 0.339 bits per heavy atom. The zero-order valence-corrected chi connectivity index (χ0v) is 30.9. The molecule has 11 rings (SSSR count). The van der Waals surface area contributed by atoms with E-state index in [9.17, 15) is 0 Å². The van der Waals surface area contributed by atoms with E-state index in [1.54, 1.807) is 0 Å². The first-order chi connectivity index (χ1) is 27.7. The SMILES string of the molecule is c1ccc(-c2ccc(-c3nc(-c4ccccc4)nc(-c4ccc5c(c4)oc4c(-c6cc(-c7ccccc7)cc7sc8ccccc8c67)cccc45)n3)cc2)cc1. The number of rotatable bonds is 6. The highest BCUT2D eigenvalue weighted by Crippen LogP contribution is 2.46. The second-order valence-corrected chi connectivity index (χ2v) is 15.1. The van der Waals surface area contributed by atoms with Gasteiger partial charge in [-0.2, -0.15) is 0 Å². The van der Waals surface area contributed by atoms with Gasteiger partial charge in [0.05, 0.1) is 0 Å². The van der Waals surface area contributed by atoms with E-state index in [0.29, 0.717) is 17.5 Å². The van der Waals surface area contributed by atoms with E-state index in [0.717, 1.165) is 55.3 Å². The summed E-state index contributed by atoms with van der Waals surface area (Å²) in [7, 11) is 0. The summed E-state index contributed by atoms with van der Waals surface area (Å²) >= 11 is 1.84. The molecule has 0 spiro atoms. The van der Waals surface area contributed by atoms with E-state index < -0.39 is 0 Å². The van der Waals surface area contributed by atoms with Gasteiger partial charge in [0.1, 0.15) is 11.2 Å². The number of fused-ring (bicyclic) bond motifs is 6. The molecule has 0 aliphatic rings. The Kier molecular flexibility index (Phi) is 7.64. The van der Waals surface area contributed by atoms with Gasteiger partial charge in [-0.3, -0.25) is 0 Å². The smallest absolute Gasteiger partial charge is 0.164 e. The van der Waals surface area contributed by atoms with Crippen molar-refractivity contribution in [1.82, 2.24) is 15.0 Å². The van der Waals surface area contributed by atoms with Crippen LogP contribution < -0.4 is 0 Å². The molecule has 11 aromatic rings. The van der Waals surface area contributed by atoms with Crippen molar-refractivity contribution >= 4 is 53.4 Å². The summed E-state index contributed by atoms with van der Waals surface area (Å²) in [5, 5.41) is 4.63. The summed E-state index contributed by atoms with van der Waals surface area (Å²) in [6.07, 6.45) is 0. The molecule has 0 unspecified atom stereocenters. The highest BCUT2D eigenvalue weighted by atomic mass is 32.1. The molecule has 0 amide bonds. The topological polar surface area (TPSA) is 51.8 Å². The lowest BCUT2D eigenvalue weighted by molar-refractivity contribution is 0.670. The molecule has 0 radical (unpaired) electrons. The Balaban J connectivity index is 1.07. The number of thiophene rings is 1. The second-order valence-electron chi connectivity index (χ2n) is 14.0. The molecule has 0 N–H and O–H groups in total. The fourth-order valence-electron chi connectivity index (χ4n) is 7.81. The average molecular weight is 734 g/mol. The minimum absolute atomic E-state index is 0.589. The number of hydrogen-bond donors (Lipinski definition) is 0. The summed E-state index contributed by atoms with van der Waals surface area (Å²) < 4.78 is 9.43. The molecule has 8 aromatic carbocycles. The number of furan rings is 1. The van der Waals surface area contributed by atoms with Crippen molar-refractivity contribution < 1.29 is 4.42 Å². The Labute approximate surface area is 327 Å². The molecule has 262 valence electrons. The van der Waals surface area contributed by atoms with Crippen LogP contribution in [0, 0.1) is 0 Å². The molecule has 5 heteroatoms. The van der Waals surface area contributed by atoms with Gasteiger partial charge in [-0.1, -0.05) is 158 Å². The van der Waals surface area contributed by atoms with Crippen LogP contribution in [-0.4, -0.2) is 15.0 Å². The minimum atomic E-state index is 0.589. The van der Waals surface area contributed by atoms with Gasteiger partial charge in [0.25, 0.3) is 0 Å². The maximum atomic E-state index is 6.90. The van der Waals surface area contributed by atoms with Crippen molar-refractivity contribution in [2.45, 2.75) is 0 Å². The maximum absolute atomic E-state index is 6.90. The van der Waals surface area contributed by atoms with Crippen LogP contribution in [0.2, 0.25) is 0 Å². The maximum Gasteiger partial charge on any atom is 0.164 e. The van der Waals surface area contributed by atoms with Gasteiger partial charge in [-0.25, -0.2) is 15.0 Å². The first-order valence-electron chi connectivity index (χ1n) is 18.7. The second kappa shape index (κ2) is 13.3. The van der Waals surface area contributed by atoms with Gasteiger partial charge in [0.2, 0.25) is 0 Å². The number of aromatic nitrogens is 3. The van der Waals surface area contributed by atoms with Gasteiger partial charge in [0.15, 0.2) is 17.5 Å². The van der Waals surface area contributed by atoms with Crippen molar-refractivity contribution in [3.8, 4) is 67.5 Å². The van der Waals surface area contributed by atoms with Crippen LogP contribution in [0.3, 0.4) is 0 Å². The summed E-state index contributed by atoms with van der Waals surface area (Å²) in [5.74, 6) is 1.83. The summed E-state index contributed by atoms with van der Waals surface area (Å²) in [6.45, 7) is 0. The van der Waals surface area contributed by atoms with Gasteiger partial charge in [-0.05, 0) is 58.1 Å². The van der Waals surface area contributed by atoms with Crippen molar-refractivity contribution in [2.24, 2.45) is 0 Å². The average Bonchev–Trinajstić information content (AvgIpc) is 3.85. The minimum Gasteiger partial charge on any atom is -0.455 e. The van der Waals surface area contributed by atoms with Crippen LogP contribution in [0.1, 0.15) is 0 Å². The largest absolute Gasteiger partial charge is 0.455 e. The quantitative estimate of drug-likeness (QED) is 0.171. The van der Waals surface area contributed by atoms with Gasteiger partial charge < -0.3 is 4.42 Å². The standard InChI is InChI=1S/C51H31N3OS/c1-4-13-32(14-5-1)34-23-25-36(26-24-34)50-52-49(35-17-8-3-9-18-35)53-51(54-50)37-27-28-39-40-20-12-21-41(48(40)55-44(39)30-37)43-29-38(33-15-6-2-7-16-33)31-46-47(43)42-19-10-11-22-45(42)56-46/h1-31H. The predicted molar refractivity (Wildman–Crippen MR) is 233 cm³/mol. The molecule has 3 heterocycles. The van der Waals surface area contributed by atoms with E-state index in [-0.39, 0.29) is 0 Å². The molecule has 0 atom stereocenters.